The van der Waals surface area contributed by atoms with Crippen LogP contribution >= 0.6 is 0 Å². The molecule has 188 valence electrons. The van der Waals surface area contributed by atoms with Crippen molar-refractivity contribution in [2.24, 2.45) is 0 Å². The van der Waals surface area contributed by atoms with Crippen LogP contribution in [0, 0.1) is 0 Å². The highest BCUT2D eigenvalue weighted by molar-refractivity contribution is 6.08. The summed E-state index contributed by atoms with van der Waals surface area (Å²) in [6, 6.07) is 26.8. The number of anilines is 2. The zero-order valence-electron chi connectivity index (χ0n) is 21.4. The molecule has 4 aromatic rings. The maximum atomic E-state index is 13.8. The van der Waals surface area contributed by atoms with Crippen molar-refractivity contribution in [3.63, 3.8) is 0 Å². The molecular weight excluding hydrogens is 462 g/mol. The predicted octanol–water partition coefficient (Wildman–Crippen LogP) is 5.91. The fourth-order valence-electron chi connectivity index (χ4n) is 4.89. The number of aromatic nitrogens is 1. The monoisotopic (exact) mass is 493 g/mol. The lowest BCUT2D eigenvalue weighted by molar-refractivity contribution is -0.125. The molecule has 0 spiro atoms. The Morgan fingerprint density at radius 1 is 0.865 bits per heavy atom. The molecule has 1 atom stereocenters. The number of para-hydroxylation sites is 3. The van der Waals surface area contributed by atoms with Gasteiger partial charge in [0.15, 0.2) is 6.10 Å². The van der Waals surface area contributed by atoms with Crippen LogP contribution in [-0.4, -0.2) is 40.5 Å². The third-order valence-corrected chi connectivity index (χ3v) is 6.89. The molecule has 0 radical (unpaired) electrons. The first kappa shape index (κ1) is 24.7. The number of ether oxygens (including phenoxy) is 1. The van der Waals surface area contributed by atoms with Gasteiger partial charge in [-0.15, -0.1) is 0 Å². The van der Waals surface area contributed by atoms with E-state index in [0.29, 0.717) is 29.5 Å². The normalized spacial score (nSPS) is 14.3. The summed E-state index contributed by atoms with van der Waals surface area (Å²) >= 11 is 0. The Bertz CT molecular complexity index is 1380. The highest BCUT2D eigenvalue weighted by Crippen LogP contribution is 2.31. The van der Waals surface area contributed by atoms with E-state index >= 15 is 0 Å². The molecule has 2 heterocycles. The van der Waals surface area contributed by atoms with Crippen molar-refractivity contribution >= 4 is 34.2 Å². The molecule has 0 saturated carbocycles. The van der Waals surface area contributed by atoms with Gasteiger partial charge in [-0.05, 0) is 51.1 Å². The van der Waals surface area contributed by atoms with Gasteiger partial charge in [-0.3, -0.25) is 19.6 Å². The molecule has 1 aromatic heterocycles. The quantitative estimate of drug-likeness (QED) is 0.313. The van der Waals surface area contributed by atoms with Gasteiger partial charge in [-0.2, -0.15) is 0 Å². The highest BCUT2D eigenvalue weighted by Gasteiger charge is 2.31. The van der Waals surface area contributed by atoms with Gasteiger partial charge in [0.05, 0.1) is 11.1 Å². The Labute approximate surface area is 217 Å². The van der Waals surface area contributed by atoms with E-state index in [0.717, 1.165) is 35.1 Å². The van der Waals surface area contributed by atoms with Crippen molar-refractivity contribution in [1.29, 1.82) is 0 Å². The van der Waals surface area contributed by atoms with Crippen molar-refractivity contribution in [3.05, 3.63) is 102 Å². The van der Waals surface area contributed by atoms with Crippen LogP contribution in [-0.2, 0) is 22.5 Å². The second-order valence-electron chi connectivity index (χ2n) is 9.64. The average molecular weight is 494 g/mol. The maximum absolute atomic E-state index is 13.8. The van der Waals surface area contributed by atoms with Crippen molar-refractivity contribution in [3.8, 4) is 0 Å². The van der Waals surface area contributed by atoms with E-state index in [2.05, 4.69) is 18.7 Å². The first-order chi connectivity index (χ1) is 17.9. The summed E-state index contributed by atoms with van der Waals surface area (Å²) in [4.78, 5) is 36.3. The third kappa shape index (κ3) is 4.98. The molecule has 1 aliphatic rings. The van der Waals surface area contributed by atoms with E-state index in [9.17, 15) is 9.59 Å². The van der Waals surface area contributed by atoms with E-state index in [-0.39, 0.29) is 5.91 Å². The second kappa shape index (κ2) is 10.5. The number of carbonyl (C=O) groups is 2. The number of rotatable bonds is 6. The molecule has 0 bridgehead atoms. The molecule has 3 aromatic carbocycles. The van der Waals surface area contributed by atoms with Crippen LogP contribution in [0.4, 0.5) is 11.4 Å². The van der Waals surface area contributed by atoms with Gasteiger partial charge in [-0.1, -0.05) is 54.6 Å². The number of nitrogens with zero attached hydrogens (tertiary/aromatic N) is 3. The van der Waals surface area contributed by atoms with Crippen LogP contribution in [0.15, 0.2) is 84.9 Å². The molecule has 1 aliphatic heterocycles. The summed E-state index contributed by atoms with van der Waals surface area (Å²) in [5.41, 5.74) is 4.52. The minimum Gasteiger partial charge on any atom is -0.449 e. The van der Waals surface area contributed by atoms with Gasteiger partial charge >= 0.3 is 5.97 Å². The molecular formula is C31H31N3O3. The van der Waals surface area contributed by atoms with Crippen molar-refractivity contribution < 1.29 is 14.3 Å². The molecule has 1 unspecified atom stereocenters. The van der Waals surface area contributed by atoms with Gasteiger partial charge in [-0.25, -0.2) is 4.79 Å². The van der Waals surface area contributed by atoms with Crippen molar-refractivity contribution in [2.75, 3.05) is 11.4 Å². The van der Waals surface area contributed by atoms with Gasteiger partial charge in [0.1, 0.15) is 0 Å². The predicted molar refractivity (Wildman–Crippen MR) is 146 cm³/mol. The lowest BCUT2D eigenvalue weighted by atomic mass is 9.95. The molecule has 0 fully saturated rings. The number of benzene rings is 3. The number of hydrogen-bond acceptors (Lipinski definition) is 5. The van der Waals surface area contributed by atoms with E-state index in [1.807, 2.05) is 84.9 Å². The Morgan fingerprint density at radius 3 is 2.08 bits per heavy atom. The third-order valence-electron chi connectivity index (χ3n) is 6.89. The van der Waals surface area contributed by atoms with Crippen LogP contribution in [0.1, 0.15) is 42.4 Å². The fourth-order valence-corrected chi connectivity index (χ4v) is 4.89. The number of carbonyl (C=O) groups excluding carboxylic acids is 2. The largest absolute Gasteiger partial charge is 0.449 e. The van der Waals surface area contributed by atoms with Crippen LogP contribution in [0.3, 0.4) is 0 Å². The van der Waals surface area contributed by atoms with E-state index in [1.165, 1.54) is 0 Å². The van der Waals surface area contributed by atoms with Gasteiger partial charge < -0.3 is 4.74 Å². The number of fused-ring (bicyclic) bond motifs is 2. The number of amides is 1. The van der Waals surface area contributed by atoms with Crippen LogP contribution < -0.4 is 4.90 Å². The number of pyridine rings is 1. The minimum atomic E-state index is -1.000. The summed E-state index contributed by atoms with van der Waals surface area (Å²) in [5.74, 6) is -0.816. The Balaban J connectivity index is 1.49. The summed E-state index contributed by atoms with van der Waals surface area (Å²) in [6.45, 7) is 7.45. The average Bonchev–Trinajstić information content (AvgIpc) is 2.92. The van der Waals surface area contributed by atoms with Crippen LogP contribution in [0.25, 0.3) is 10.9 Å². The lowest BCUT2D eigenvalue weighted by Gasteiger charge is -2.33. The highest BCUT2D eigenvalue weighted by atomic mass is 16.5. The zero-order chi connectivity index (χ0) is 25.9. The van der Waals surface area contributed by atoms with Crippen LogP contribution in [0.5, 0.6) is 0 Å². The number of esters is 1. The summed E-state index contributed by atoms with van der Waals surface area (Å²) < 4.78 is 5.92. The van der Waals surface area contributed by atoms with Gasteiger partial charge in [0.25, 0.3) is 5.91 Å². The van der Waals surface area contributed by atoms with Gasteiger partial charge in [0.2, 0.25) is 0 Å². The molecule has 0 aliphatic carbocycles. The minimum absolute atomic E-state index is 0.318. The number of hydrogen-bond donors (Lipinski definition) is 0. The molecule has 0 saturated heterocycles. The zero-order valence-corrected chi connectivity index (χ0v) is 21.4. The van der Waals surface area contributed by atoms with E-state index in [1.54, 1.807) is 11.8 Å². The first-order valence-corrected chi connectivity index (χ1v) is 12.7. The molecule has 37 heavy (non-hydrogen) atoms. The lowest BCUT2D eigenvalue weighted by Crippen LogP contribution is -2.39. The first-order valence-electron chi connectivity index (χ1n) is 12.7. The Hall–Kier alpha value is -4.03. The Morgan fingerprint density at radius 2 is 1.46 bits per heavy atom. The fraction of sp³-hybridized carbons (Fsp3) is 0.258. The molecule has 5 rings (SSSR count). The maximum Gasteiger partial charge on any atom is 0.339 e. The van der Waals surface area contributed by atoms with Crippen LogP contribution in [0.2, 0.25) is 0 Å². The van der Waals surface area contributed by atoms with E-state index in [4.69, 9.17) is 9.72 Å². The smallest absolute Gasteiger partial charge is 0.339 e. The molecule has 6 nitrogen and oxygen atoms in total. The summed E-state index contributed by atoms with van der Waals surface area (Å²) in [7, 11) is 0. The molecule has 0 N–H and O–H groups in total. The Kier molecular flexibility index (Phi) is 7.01. The summed E-state index contributed by atoms with van der Waals surface area (Å²) in [5, 5.41) is 0.750. The SMILES string of the molecule is CC(OC(=O)c1c2c(nc3ccccc13)CCN(C(C)C)C2)C(=O)N(c1ccccc1)c1ccccc1. The van der Waals surface area contributed by atoms with Gasteiger partial charge in [0, 0.05) is 53.6 Å². The molecule has 1 amide bonds. The topological polar surface area (TPSA) is 62.7 Å². The molecule has 6 heteroatoms. The van der Waals surface area contributed by atoms with Crippen molar-refractivity contribution in [2.45, 2.75) is 45.9 Å². The summed E-state index contributed by atoms with van der Waals surface area (Å²) in [6.07, 6.45) is -0.233. The van der Waals surface area contributed by atoms with Crippen molar-refractivity contribution in [1.82, 2.24) is 9.88 Å². The standard InChI is InChI=1S/C31H31N3O3/c1-21(2)33-19-18-28-26(20-33)29(25-16-10-11-17-27(25)32-28)31(36)37-22(3)30(35)34(23-12-6-4-7-13-23)24-14-8-5-9-15-24/h4-17,21-22H,18-20H2,1-3H3. The second-order valence-corrected chi connectivity index (χ2v) is 9.64. The van der Waals surface area contributed by atoms with E-state index < -0.39 is 12.1 Å².